The van der Waals surface area contributed by atoms with E-state index in [4.69, 9.17) is 10.1 Å². The number of carbonyl (C=O) groups is 1. The van der Waals surface area contributed by atoms with E-state index in [1.165, 1.54) is 6.07 Å². The summed E-state index contributed by atoms with van der Waals surface area (Å²) in [6.45, 7) is 2.93. The lowest BCUT2D eigenvalue weighted by atomic mass is 10.1. The minimum absolute atomic E-state index is 0.0157. The summed E-state index contributed by atoms with van der Waals surface area (Å²) in [7, 11) is -3.49. The van der Waals surface area contributed by atoms with Gasteiger partial charge in [-0.15, -0.1) is 0 Å². The van der Waals surface area contributed by atoms with Crippen LogP contribution in [0.1, 0.15) is 50.6 Å². The van der Waals surface area contributed by atoms with Crippen LogP contribution in [0.25, 0.3) is 0 Å². The summed E-state index contributed by atoms with van der Waals surface area (Å²) in [4.78, 5) is 12.8. The molecule has 8 nitrogen and oxygen atoms in total. The molecule has 1 aliphatic carbocycles. The minimum atomic E-state index is -3.49. The predicted molar refractivity (Wildman–Crippen MR) is 111 cm³/mol. The summed E-state index contributed by atoms with van der Waals surface area (Å²) < 4.78 is 46.9. The summed E-state index contributed by atoms with van der Waals surface area (Å²) in [6, 6.07) is 3.93. The molecule has 0 spiro atoms. The Morgan fingerprint density at radius 1 is 1.33 bits per heavy atom. The number of halogens is 1. The Kier molecular flexibility index (Phi) is 7.30. The van der Waals surface area contributed by atoms with Crippen LogP contribution in [0.5, 0.6) is 5.75 Å². The first-order valence-electron chi connectivity index (χ1n) is 10.3. The maximum Gasteiger partial charge on any atom is 0.246 e. The Hall–Kier alpha value is -2.20. The fourth-order valence-corrected chi connectivity index (χ4v) is 4.63. The predicted octanol–water partition coefficient (Wildman–Crippen LogP) is 2.13. The van der Waals surface area contributed by atoms with Crippen LogP contribution in [-0.4, -0.2) is 50.6 Å². The highest BCUT2D eigenvalue weighted by Crippen LogP contribution is 2.31. The summed E-state index contributed by atoms with van der Waals surface area (Å²) in [5, 5.41) is 10.0. The number of amides is 1. The maximum absolute atomic E-state index is 13.9. The Bertz CT molecular complexity index is 889. The van der Waals surface area contributed by atoms with E-state index in [-0.39, 0.29) is 29.9 Å². The first-order valence-corrected chi connectivity index (χ1v) is 11.9. The SMILES string of the molecule is C[C@@H](NS(=O)(=O)CCCCCN1CC(=O)NC1=N)c1ccc(F)c(OCC2CC2)c1. The van der Waals surface area contributed by atoms with Crippen LogP contribution in [0, 0.1) is 17.1 Å². The number of nitrogens with zero attached hydrogens (tertiary/aromatic N) is 1. The number of ether oxygens (including phenoxy) is 1. The molecule has 166 valence electrons. The molecule has 2 fully saturated rings. The molecule has 1 amide bonds. The van der Waals surface area contributed by atoms with Gasteiger partial charge in [-0.3, -0.25) is 15.5 Å². The monoisotopic (exact) mass is 440 g/mol. The average Bonchev–Trinajstić information content (AvgIpc) is 3.44. The van der Waals surface area contributed by atoms with Gasteiger partial charge >= 0.3 is 0 Å². The third kappa shape index (κ3) is 6.66. The van der Waals surface area contributed by atoms with Gasteiger partial charge in [0.25, 0.3) is 0 Å². The van der Waals surface area contributed by atoms with E-state index in [2.05, 4.69) is 10.0 Å². The van der Waals surface area contributed by atoms with Gasteiger partial charge in [-0.2, -0.15) is 0 Å². The molecule has 2 aliphatic rings. The van der Waals surface area contributed by atoms with Crippen molar-refractivity contribution in [2.45, 2.75) is 45.1 Å². The van der Waals surface area contributed by atoms with Crippen molar-refractivity contribution in [3.8, 4) is 5.75 Å². The molecule has 0 unspecified atom stereocenters. The molecule has 0 radical (unpaired) electrons. The minimum Gasteiger partial charge on any atom is -0.490 e. The molecule has 0 aromatic heterocycles. The zero-order valence-corrected chi connectivity index (χ0v) is 17.9. The molecule has 1 aromatic rings. The lowest BCUT2D eigenvalue weighted by Crippen LogP contribution is -2.30. The molecule has 0 bridgehead atoms. The van der Waals surface area contributed by atoms with Gasteiger partial charge in [-0.1, -0.05) is 12.5 Å². The van der Waals surface area contributed by atoms with Crippen LogP contribution in [0.2, 0.25) is 0 Å². The Balaban J connectivity index is 1.42. The quantitative estimate of drug-likeness (QED) is 0.431. The highest BCUT2D eigenvalue weighted by Gasteiger charge is 2.24. The number of hydrogen-bond donors (Lipinski definition) is 3. The Morgan fingerprint density at radius 2 is 2.10 bits per heavy atom. The third-order valence-electron chi connectivity index (χ3n) is 5.23. The van der Waals surface area contributed by atoms with E-state index >= 15 is 0 Å². The molecule has 3 N–H and O–H groups in total. The van der Waals surface area contributed by atoms with E-state index < -0.39 is 21.9 Å². The molecule has 30 heavy (non-hydrogen) atoms. The van der Waals surface area contributed by atoms with E-state index in [1.54, 1.807) is 24.0 Å². The van der Waals surface area contributed by atoms with Gasteiger partial charge < -0.3 is 9.64 Å². The largest absolute Gasteiger partial charge is 0.490 e. The zero-order chi connectivity index (χ0) is 21.7. The zero-order valence-electron chi connectivity index (χ0n) is 17.1. The van der Waals surface area contributed by atoms with Crippen molar-refractivity contribution < 1.29 is 22.3 Å². The van der Waals surface area contributed by atoms with E-state index in [0.29, 0.717) is 43.9 Å². The van der Waals surface area contributed by atoms with Gasteiger partial charge in [0.15, 0.2) is 17.5 Å². The van der Waals surface area contributed by atoms with Crippen molar-refractivity contribution in [2.24, 2.45) is 5.92 Å². The number of unbranched alkanes of at least 4 members (excludes halogenated alkanes) is 2. The fourth-order valence-electron chi connectivity index (χ4n) is 3.25. The molecule has 1 aliphatic heterocycles. The van der Waals surface area contributed by atoms with Gasteiger partial charge in [0, 0.05) is 12.6 Å². The van der Waals surface area contributed by atoms with Crippen molar-refractivity contribution in [2.75, 3.05) is 25.4 Å². The van der Waals surface area contributed by atoms with Crippen LogP contribution in [0.3, 0.4) is 0 Å². The highest BCUT2D eigenvalue weighted by molar-refractivity contribution is 7.89. The molecule has 1 saturated carbocycles. The normalized spacial score (nSPS) is 17.9. The fraction of sp³-hybridized carbons (Fsp3) is 0.600. The second-order valence-electron chi connectivity index (χ2n) is 7.98. The van der Waals surface area contributed by atoms with Crippen molar-refractivity contribution in [1.29, 1.82) is 5.41 Å². The molecule has 3 rings (SSSR count). The summed E-state index contributed by atoms with van der Waals surface area (Å²) in [5.41, 5.74) is 0.649. The van der Waals surface area contributed by atoms with Crippen LogP contribution >= 0.6 is 0 Å². The van der Waals surface area contributed by atoms with Crippen LogP contribution in [0.15, 0.2) is 18.2 Å². The second-order valence-corrected chi connectivity index (χ2v) is 9.86. The lowest BCUT2D eigenvalue weighted by molar-refractivity contribution is -0.118. The average molecular weight is 441 g/mol. The van der Waals surface area contributed by atoms with Gasteiger partial charge in [0.1, 0.15) is 6.54 Å². The summed E-state index contributed by atoms with van der Waals surface area (Å²) in [6.07, 6.45) is 4.05. The smallest absolute Gasteiger partial charge is 0.246 e. The number of hydrogen-bond acceptors (Lipinski definition) is 5. The van der Waals surface area contributed by atoms with E-state index in [0.717, 1.165) is 12.8 Å². The van der Waals surface area contributed by atoms with Gasteiger partial charge in [0.05, 0.1) is 12.4 Å². The molecule has 1 aromatic carbocycles. The van der Waals surface area contributed by atoms with Crippen molar-refractivity contribution >= 4 is 21.9 Å². The standard InChI is InChI=1S/C20H29FN4O4S/c1-14(16-7-8-17(21)18(11-16)29-13-15-5-6-15)24-30(27,28)10-4-2-3-9-25-12-19(26)23-20(25)22/h7-8,11,14-15,24H,2-6,9-10,12-13H2,1H3,(H2,22,23,26)/t14-/m1/s1. The van der Waals surface area contributed by atoms with E-state index in [1.807, 2.05) is 0 Å². The number of benzene rings is 1. The van der Waals surface area contributed by atoms with Crippen molar-refractivity contribution in [1.82, 2.24) is 14.9 Å². The Labute approximate surface area is 176 Å². The van der Waals surface area contributed by atoms with Gasteiger partial charge in [-0.05, 0) is 56.2 Å². The summed E-state index contributed by atoms with van der Waals surface area (Å²) >= 11 is 0. The number of nitrogens with one attached hydrogen (secondary N) is 3. The number of rotatable bonds is 12. The van der Waals surface area contributed by atoms with Crippen LogP contribution < -0.4 is 14.8 Å². The van der Waals surface area contributed by atoms with Gasteiger partial charge in [0.2, 0.25) is 15.9 Å². The molecule has 1 saturated heterocycles. The first kappa shape index (κ1) is 22.5. The van der Waals surface area contributed by atoms with Crippen LogP contribution in [0.4, 0.5) is 4.39 Å². The lowest BCUT2D eigenvalue weighted by Gasteiger charge is -2.17. The molecule has 1 heterocycles. The molecular formula is C20H29FN4O4S. The summed E-state index contributed by atoms with van der Waals surface area (Å²) in [5.74, 6) is 0.101. The van der Waals surface area contributed by atoms with Crippen molar-refractivity contribution in [3.05, 3.63) is 29.6 Å². The number of carbonyl (C=O) groups excluding carboxylic acids is 1. The first-order chi connectivity index (χ1) is 14.2. The molecular weight excluding hydrogens is 411 g/mol. The van der Waals surface area contributed by atoms with Crippen LogP contribution in [-0.2, 0) is 14.8 Å². The Morgan fingerprint density at radius 3 is 2.77 bits per heavy atom. The third-order valence-corrected chi connectivity index (χ3v) is 6.77. The topological polar surface area (TPSA) is 112 Å². The second kappa shape index (κ2) is 9.74. The highest BCUT2D eigenvalue weighted by atomic mass is 32.2. The van der Waals surface area contributed by atoms with Crippen molar-refractivity contribution in [3.63, 3.8) is 0 Å². The molecule has 10 heteroatoms. The van der Waals surface area contributed by atoms with E-state index in [9.17, 15) is 17.6 Å². The van der Waals surface area contributed by atoms with Gasteiger partial charge in [-0.25, -0.2) is 17.5 Å². The number of guanidine groups is 1. The molecule has 1 atom stereocenters. The number of sulfonamides is 1. The maximum atomic E-state index is 13.9.